The van der Waals surface area contributed by atoms with Crippen molar-refractivity contribution in [3.8, 4) is 0 Å². The van der Waals surface area contributed by atoms with Gasteiger partial charge in [0.25, 0.3) is 5.91 Å². The Morgan fingerprint density at radius 1 is 0.788 bits per heavy atom. The highest BCUT2D eigenvalue weighted by atomic mass is 19.1. The van der Waals surface area contributed by atoms with Crippen LogP contribution in [-0.2, 0) is 17.9 Å². The quantitative estimate of drug-likeness (QED) is 0.346. The van der Waals surface area contributed by atoms with Crippen LogP contribution in [-0.4, -0.2) is 21.4 Å². The highest BCUT2D eigenvalue weighted by Gasteiger charge is 2.34. The maximum atomic E-state index is 14.2. The summed E-state index contributed by atoms with van der Waals surface area (Å²) in [6, 6.07) is 19.6. The average Bonchev–Trinajstić information content (AvgIpc) is 3.29. The molecule has 1 N–H and O–H groups in total. The van der Waals surface area contributed by atoms with Crippen LogP contribution in [0, 0.1) is 11.6 Å². The van der Waals surface area contributed by atoms with E-state index in [4.69, 9.17) is 0 Å². The van der Waals surface area contributed by atoms with Gasteiger partial charge in [-0.15, -0.1) is 0 Å². The van der Waals surface area contributed by atoms with Gasteiger partial charge in [-0.25, -0.2) is 13.6 Å². The van der Waals surface area contributed by atoms with Crippen LogP contribution < -0.4 is 5.32 Å². The molecule has 0 radical (unpaired) electrons. The van der Waals surface area contributed by atoms with E-state index in [1.54, 1.807) is 36.4 Å². The largest absolute Gasteiger partial charge is 0.342 e. The molecule has 0 atom stereocenters. The van der Waals surface area contributed by atoms with E-state index in [-0.39, 0.29) is 23.6 Å². The molecule has 0 unspecified atom stereocenters. The molecule has 5 nitrogen and oxygen atoms in total. The van der Waals surface area contributed by atoms with Crippen LogP contribution >= 0.6 is 0 Å². The van der Waals surface area contributed by atoms with Crippen LogP contribution in [0.3, 0.4) is 0 Å². The van der Waals surface area contributed by atoms with Crippen molar-refractivity contribution in [3.05, 3.63) is 113 Å². The number of carbonyl (C=O) groups excluding carboxylic acids is 2. The lowest BCUT2D eigenvalue weighted by Gasteiger charge is -2.12. The number of fused-ring (bicyclic) bond motifs is 1. The number of halogens is 2. The smallest absolute Gasteiger partial charge is 0.329 e. The van der Waals surface area contributed by atoms with E-state index in [1.807, 2.05) is 35.0 Å². The Hall–Kier alpha value is -4.26. The zero-order valence-corrected chi connectivity index (χ0v) is 17.5. The van der Waals surface area contributed by atoms with Crippen LogP contribution in [0.1, 0.15) is 16.7 Å². The van der Waals surface area contributed by atoms with E-state index in [0.717, 1.165) is 15.8 Å². The third kappa shape index (κ3) is 3.89. The predicted molar refractivity (Wildman–Crippen MR) is 121 cm³/mol. The van der Waals surface area contributed by atoms with Gasteiger partial charge < -0.3 is 9.88 Å². The van der Waals surface area contributed by atoms with Gasteiger partial charge in [0.2, 0.25) is 0 Å². The van der Waals surface area contributed by atoms with Crippen molar-refractivity contribution in [2.24, 2.45) is 0 Å². The third-order valence-corrected chi connectivity index (χ3v) is 5.67. The van der Waals surface area contributed by atoms with Gasteiger partial charge in [-0.2, -0.15) is 0 Å². The fourth-order valence-electron chi connectivity index (χ4n) is 4.00. The van der Waals surface area contributed by atoms with Gasteiger partial charge in [-0.1, -0.05) is 54.6 Å². The molecule has 2 heterocycles. The van der Waals surface area contributed by atoms with Crippen molar-refractivity contribution < 1.29 is 18.4 Å². The summed E-state index contributed by atoms with van der Waals surface area (Å²) in [5.74, 6) is -1.31. The first-order valence-electron chi connectivity index (χ1n) is 10.4. The number of urea groups is 1. The van der Waals surface area contributed by atoms with E-state index in [1.165, 1.54) is 18.2 Å². The van der Waals surface area contributed by atoms with Gasteiger partial charge in [0.05, 0.1) is 13.1 Å². The van der Waals surface area contributed by atoms with Gasteiger partial charge in [0, 0.05) is 33.8 Å². The molecule has 33 heavy (non-hydrogen) atoms. The minimum absolute atomic E-state index is 0.102. The van der Waals surface area contributed by atoms with E-state index in [0.29, 0.717) is 17.7 Å². The summed E-state index contributed by atoms with van der Waals surface area (Å²) in [4.78, 5) is 26.3. The Balaban J connectivity index is 1.48. The third-order valence-electron chi connectivity index (χ3n) is 5.67. The summed E-state index contributed by atoms with van der Waals surface area (Å²) in [6.07, 6.45) is 3.42. The Morgan fingerprint density at radius 2 is 1.39 bits per heavy atom. The van der Waals surface area contributed by atoms with Crippen molar-refractivity contribution in [1.29, 1.82) is 0 Å². The number of hydrogen-bond acceptors (Lipinski definition) is 2. The van der Waals surface area contributed by atoms with Crippen LogP contribution in [0.4, 0.5) is 13.6 Å². The summed E-state index contributed by atoms with van der Waals surface area (Å²) in [5.41, 5.74) is 2.47. The van der Waals surface area contributed by atoms with Gasteiger partial charge in [-0.05, 0) is 24.3 Å². The number of aromatic nitrogens is 1. The highest BCUT2D eigenvalue weighted by Crippen LogP contribution is 2.26. The number of nitrogens with one attached hydrogen (secondary N) is 1. The first-order valence-corrected chi connectivity index (χ1v) is 10.4. The summed E-state index contributed by atoms with van der Waals surface area (Å²) in [7, 11) is 0. The first kappa shape index (κ1) is 20.6. The van der Waals surface area contributed by atoms with Gasteiger partial charge in [0.15, 0.2) is 0 Å². The number of imide groups is 1. The number of amides is 3. The normalized spacial score (nSPS) is 15.0. The maximum absolute atomic E-state index is 14.2. The molecule has 3 amide bonds. The molecule has 1 saturated heterocycles. The minimum atomic E-state index is -0.607. The molecular formula is C26H19F2N3O2. The minimum Gasteiger partial charge on any atom is -0.342 e. The fraction of sp³-hybridized carbons (Fsp3) is 0.0769. The number of nitrogens with zero attached hydrogens (tertiary/aromatic N) is 2. The first-order chi connectivity index (χ1) is 16.0. The summed E-state index contributed by atoms with van der Waals surface area (Å²) in [5, 5.41) is 3.44. The molecule has 3 aromatic carbocycles. The van der Waals surface area contributed by atoms with Gasteiger partial charge in [0.1, 0.15) is 17.3 Å². The average molecular weight is 443 g/mol. The predicted octanol–water partition coefficient (Wildman–Crippen LogP) is 5.06. The molecule has 1 aliphatic rings. The second kappa shape index (κ2) is 8.35. The van der Waals surface area contributed by atoms with Crippen molar-refractivity contribution in [1.82, 2.24) is 14.8 Å². The van der Waals surface area contributed by atoms with E-state index < -0.39 is 17.8 Å². The Bertz CT molecular complexity index is 1420. The van der Waals surface area contributed by atoms with Crippen molar-refractivity contribution in [3.63, 3.8) is 0 Å². The highest BCUT2D eigenvalue weighted by molar-refractivity contribution is 6.14. The molecular weight excluding hydrogens is 424 g/mol. The molecule has 1 aromatic heterocycles. The SMILES string of the molecule is O=C1N/C(=C/c2cn(Cc3ccccc3F)c3ccccc23)C(=O)N1Cc1ccccc1F. The number of rotatable bonds is 5. The van der Waals surface area contributed by atoms with Crippen molar-refractivity contribution in [2.75, 3.05) is 0 Å². The van der Waals surface area contributed by atoms with Crippen molar-refractivity contribution in [2.45, 2.75) is 13.1 Å². The van der Waals surface area contributed by atoms with E-state index in [9.17, 15) is 18.4 Å². The monoisotopic (exact) mass is 443 g/mol. The summed E-state index contributed by atoms with van der Waals surface area (Å²) in [6.45, 7) is 0.153. The van der Waals surface area contributed by atoms with Crippen LogP contribution in [0.5, 0.6) is 0 Å². The van der Waals surface area contributed by atoms with E-state index >= 15 is 0 Å². The Morgan fingerprint density at radius 3 is 2.09 bits per heavy atom. The second-order valence-corrected chi connectivity index (χ2v) is 7.79. The lowest BCUT2D eigenvalue weighted by molar-refractivity contribution is -0.123. The Labute approximate surface area is 188 Å². The molecule has 4 aromatic rings. The van der Waals surface area contributed by atoms with Crippen LogP contribution in [0.15, 0.2) is 84.7 Å². The molecule has 164 valence electrons. The van der Waals surface area contributed by atoms with Crippen molar-refractivity contribution >= 4 is 28.9 Å². The number of benzene rings is 3. The zero-order valence-electron chi connectivity index (χ0n) is 17.5. The molecule has 0 saturated carbocycles. The Kier molecular flexibility index (Phi) is 5.22. The molecule has 0 bridgehead atoms. The number of para-hydroxylation sites is 1. The molecule has 7 heteroatoms. The molecule has 1 aliphatic heterocycles. The summed E-state index contributed by atoms with van der Waals surface area (Å²) < 4.78 is 30.1. The number of carbonyl (C=O) groups is 2. The van der Waals surface area contributed by atoms with Gasteiger partial charge >= 0.3 is 6.03 Å². The molecule has 5 rings (SSSR count). The summed E-state index contributed by atoms with van der Waals surface area (Å²) >= 11 is 0. The van der Waals surface area contributed by atoms with Crippen LogP contribution in [0.2, 0.25) is 0 Å². The topological polar surface area (TPSA) is 54.3 Å². The maximum Gasteiger partial charge on any atom is 0.329 e. The number of hydrogen-bond donors (Lipinski definition) is 1. The molecule has 0 aliphatic carbocycles. The molecule has 1 fully saturated rings. The lowest BCUT2D eigenvalue weighted by atomic mass is 10.1. The van der Waals surface area contributed by atoms with E-state index in [2.05, 4.69) is 5.32 Å². The zero-order chi connectivity index (χ0) is 22.9. The lowest BCUT2D eigenvalue weighted by Crippen LogP contribution is -2.30. The molecule has 0 spiro atoms. The second-order valence-electron chi connectivity index (χ2n) is 7.79. The van der Waals surface area contributed by atoms with Gasteiger partial charge in [-0.3, -0.25) is 9.69 Å². The van der Waals surface area contributed by atoms with Crippen LogP contribution in [0.25, 0.3) is 17.0 Å². The standard InChI is InChI=1S/C26H19F2N3O2/c27-21-10-4-1-7-17(21)14-30-15-19(20-9-3-6-12-24(20)30)13-23-25(32)31(26(33)29-23)16-18-8-2-5-11-22(18)28/h1-13,15H,14,16H2,(H,29,33)/b23-13+. The fourth-order valence-corrected chi connectivity index (χ4v) is 4.00.